The van der Waals surface area contributed by atoms with Crippen molar-refractivity contribution in [2.24, 2.45) is 29.4 Å². The van der Waals surface area contributed by atoms with Crippen molar-refractivity contribution < 1.29 is 4.79 Å². The van der Waals surface area contributed by atoms with Crippen molar-refractivity contribution in [3.05, 3.63) is 29.6 Å². The Morgan fingerprint density at radius 2 is 2.09 bits per heavy atom. The number of nitrogens with zero attached hydrogens (tertiary/aromatic N) is 1. The molecular formula is C17H24ClN3O. The van der Waals surface area contributed by atoms with E-state index in [-0.39, 0.29) is 18.3 Å². The van der Waals surface area contributed by atoms with Gasteiger partial charge in [0.15, 0.2) is 0 Å². The van der Waals surface area contributed by atoms with Crippen LogP contribution in [0, 0.1) is 23.7 Å². The SMILES string of the molecule is Cl.NCc1cc(C(=O)NC2CC3CC2C2CCCC32)ccn1. The monoisotopic (exact) mass is 321 g/mol. The lowest BCUT2D eigenvalue weighted by Gasteiger charge is -2.32. The lowest BCUT2D eigenvalue weighted by molar-refractivity contribution is 0.0901. The van der Waals surface area contributed by atoms with E-state index in [2.05, 4.69) is 10.3 Å². The summed E-state index contributed by atoms with van der Waals surface area (Å²) in [6, 6.07) is 3.97. The van der Waals surface area contributed by atoms with Crippen LogP contribution in [0.5, 0.6) is 0 Å². The van der Waals surface area contributed by atoms with Gasteiger partial charge in [-0.2, -0.15) is 0 Å². The second-order valence-corrected chi connectivity index (χ2v) is 6.97. The van der Waals surface area contributed by atoms with E-state index in [0.29, 0.717) is 18.2 Å². The number of pyridine rings is 1. The van der Waals surface area contributed by atoms with Crippen LogP contribution in [0.2, 0.25) is 0 Å². The van der Waals surface area contributed by atoms with Crippen LogP contribution >= 0.6 is 12.4 Å². The molecule has 4 nitrogen and oxygen atoms in total. The fourth-order valence-electron chi connectivity index (χ4n) is 5.22. The van der Waals surface area contributed by atoms with Crippen LogP contribution in [0.3, 0.4) is 0 Å². The van der Waals surface area contributed by atoms with Crippen molar-refractivity contribution in [3.63, 3.8) is 0 Å². The van der Waals surface area contributed by atoms with Gasteiger partial charge in [0.25, 0.3) is 5.91 Å². The van der Waals surface area contributed by atoms with E-state index in [1.165, 1.54) is 32.1 Å². The van der Waals surface area contributed by atoms with Crippen LogP contribution < -0.4 is 11.1 Å². The van der Waals surface area contributed by atoms with Gasteiger partial charge in [0.1, 0.15) is 0 Å². The van der Waals surface area contributed by atoms with Crippen LogP contribution in [0.4, 0.5) is 0 Å². The molecule has 0 aliphatic heterocycles. The summed E-state index contributed by atoms with van der Waals surface area (Å²) < 4.78 is 0. The first-order chi connectivity index (χ1) is 10.3. The van der Waals surface area contributed by atoms with E-state index >= 15 is 0 Å². The zero-order valence-corrected chi connectivity index (χ0v) is 13.5. The van der Waals surface area contributed by atoms with Gasteiger partial charge < -0.3 is 11.1 Å². The molecule has 5 unspecified atom stereocenters. The number of nitrogens with two attached hydrogens (primary N) is 1. The van der Waals surface area contributed by atoms with E-state index in [4.69, 9.17) is 5.73 Å². The molecule has 120 valence electrons. The normalized spacial score (nSPS) is 35.0. The van der Waals surface area contributed by atoms with Crippen LogP contribution in [0.15, 0.2) is 18.3 Å². The molecule has 5 atom stereocenters. The molecule has 1 heterocycles. The van der Waals surface area contributed by atoms with Gasteiger partial charge in [-0.3, -0.25) is 9.78 Å². The predicted octanol–water partition coefficient (Wildman–Crippen LogP) is 2.52. The predicted molar refractivity (Wildman–Crippen MR) is 87.7 cm³/mol. The minimum Gasteiger partial charge on any atom is -0.349 e. The number of carbonyl (C=O) groups excluding carboxylic acids is 1. The number of hydrogen-bond donors (Lipinski definition) is 2. The van der Waals surface area contributed by atoms with Gasteiger partial charge in [-0.05, 0) is 61.5 Å². The van der Waals surface area contributed by atoms with E-state index in [9.17, 15) is 4.79 Å². The van der Waals surface area contributed by atoms with Crippen LogP contribution in [-0.4, -0.2) is 16.9 Å². The highest BCUT2D eigenvalue weighted by Gasteiger charge is 2.54. The smallest absolute Gasteiger partial charge is 0.251 e. The Balaban J connectivity index is 0.00000144. The first-order valence-electron chi connectivity index (χ1n) is 8.22. The average molecular weight is 322 g/mol. The number of hydrogen-bond acceptors (Lipinski definition) is 3. The molecule has 3 aliphatic carbocycles. The Bertz CT molecular complexity index is 565. The summed E-state index contributed by atoms with van der Waals surface area (Å²) in [6.07, 6.45) is 8.40. The van der Waals surface area contributed by atoms with Crippen molar-refractivity contribution in [2.45, 2.75) is 44.7 Å². The van der Waals surface area contributed by atoms with Gasteiger partial charge in [0.2, 0.25) is 0 Å². The summed E-state index contributed by atoms with van der Waals surface area (Å²) >= 11 is 0. The maximum Gasteiger partial charge on any atom is 0.251 e. The summed E-state index contributed by atoms with van der Waals surface area (Å²) in [7, 11) is 0. The molecule has 3 aliphatic rings. The lowest BCUT2D eigenvalue weighted by atomic mass is 9.79. The molecule has 3 saturated carbocycles. The summed E-state index contributed by atoms with van der Waals surface area (Å²) in [6.45, 7) is 0.374. The first kappa shape index (κ1) is 15.8. The fraction of sp³-hybridized carbons (Fsp3) is 0.647. The Morgan fingerprint density at radius 1 is 1.27 bits per heavy atom. The van der Waals surface area contributed by atoms with E-state index in [1.54, 1.807) is 18.3 Å². The molecule has 0 spiro atoms. The Labute approximate surface area is 137 Å². The maximum atomic E-state index is 12.5. The number of carbonyl (C=O) groups is 1. The van der Waals surface area contributed by atoms with Crippen molar-refractivity contribution in [1.29, 1.82) is 0 Å². The molecular weight excluding hydrogens is 298 g/mol. The highest BCUT2D eigenvalue weighted by molar-refractivity contribution is 5.94. The summed E-state index contributed by atoms with van der Waals surface area (Å²) in [5, 5.41) is 3.28. The molecule has 5 heteroatoms. The first-order valence-corrected chi connectivity index (χ1v) is 8.22. The number of halogens is 1. The highest BCUT2D eigenvalue weighted by atomic mass is 35.5. The van der Waals surface area contributed by atoms with Crippen molar-refractivity contribution in [2.75, 3.05) is 0 Å². The molecule has 4 rings (SSSR count). The Kier molecular flexibility index (Phi) is 4.42. The third kappa shape index (κ3) is 2.52. The van der Waals surface area contributed by atoms with E-state index in [1.807, 2.05) is 0 Å². The van der Waals surface area contributed by atoms with E-state index in [0.717, 1.165) is 29.4 Å². The second kappa shape index (κ2) is 6.17. The van der Waals surface area contributed by atoms with E-state index < -0.39 is 0 Å². The number of aromatic nitrogens is 1. The largest absolute Gasteiger partial charge is 0.349 e. The van der Waals surface area contributed by atoms with Gasteiger partial charge in [0, 0.05) is 24.3 Å². The third-order valence-corrected chi connectivity index (χ3v) is 6.03. The molecule has 3 fully saturated rings. The summed E-state index contributed by atoms with van der Waals surface area (Å²) in [5.41, 5.74) is 7.06. The molecule has 0 saturated heterocycles. The molecule has 0 aromatic carbocycles. The quantitative estimate of drug-likeness (QED) is 0.899. The number of amides is 1. The van der Waals surface area contributed by atoms with Crippen LogP contribution in [0.25, 0.3) is 0 Å². The molecule has 1 amide bonds. The van der Waals surface area contributed by atoms with Crippen LogP contribution in [0.1, 0.15) is 48.2 Å². The number of fused-ring (bicyclic) bond motifs is 5. The van der Waals surface area contributed by atoms with Crippen molar-refractivity contribution >= 4 is 18.3 Å². The number of nitrogens with one attached hydrogen (secondary N) is 1. The van der Waals surface area contributed by atoms with Crippen LogP contribution in [-0.2, 0) is 6.54 Å². The lowest BCUT2D eigenvalue weighted by Crippen LogP contribution is -2.42. The Hall–Kier alpha value is -1.13. The molecule has 2 bridgehead atoms. The second-order valence-electron chi connectivity index (χ2n) is 6.97. The number of rotatable bonds is 3. The molecule has 1 aromatic heterocycles. The zero-order valence-electron chi connectivity index (χ0n) is 12.7. The Morgan fingerprint density at radius 3 is 2.91 bits per heavy atom. The third-order valence-electron chi connectivity index (χ3n) is 6.03. The average Bonchev–Trinajstić information content (AvgIpc) is 3.19. The van der Waals surface area contributed by atoms with Gasteiger partial charge in [-0.15, -0.1) is 12.4 Å². The van der Waals surface area contributed by atoms with Crippen molar-refractivity contribution in [3.8, 4) is 0 Å². The maximum absolute atomic E-state index is 12.5. The minimum absolute atomic E-state index is 0. The summed E-state index contributed by atoms with van der Waals surface area (Å²) in [5.74, 6) is 3.48. The van der Waals surface area contributed by atoms with Gasteiger partial charge >= 0.3 is 0 Å². The topological polar surface area (TPSA) is 68.0 Å². The van der Waals surface area contributed by atoms with Crippen molar-refractivity contribution in [1.82, 2.24) is 10.3 Å². The van der Waals surface area contributed by atoms with Gasteiger partial charge in [0.05, 0.1) is 5.69 Å². The highest BCUT2D eigenvalue weighted by Crippen LogP contribution is 2.58. The molecule has 0 radical (unpaired) electrons. The standard InChI is InChI=1S/C17H23N3O.ClH/c18-9-12-6-10(4-5-19-12)17(21)20-16-8-11-7-15(16)14-3-1-2-13(11)14;/h4-6,11,13-16H,1-3,7-9,18H2,(H,20,21);1H. The molecule has 3 N–H and O–H groups in total. The minimum atomic E-state index is 0. The fourth-order valence-corrected chi connectivity index (χ4v) is 5.22. The zero-order chi connectivity index (χ0) is 14.4. The summed E-state index contributed by atoms with van der Waals surface area (Å²) in [4.78, 5) is 16.6. The molecule has 22 heavy (non-hydrogen) atoms. The molecule has 1 aromatic rings. The van der Waals surface area contributed by atoms with Gasteiger partial charge in [-0.25, -0.2) is 0 Å². The van der Waals surface area contributed by atoms with Gasteiger partial charge in [-0.1, -0.05) is 6.42 Å².